The van der Waals surface area contributed by atoms with Crippen LogP contribution in [0.3, 0.4) is 0 Å². The highest BCUT2D eigenvalue weighted by Gasteiger charge is 2.24. The van der Waals surface area contributed by atoms with Gasteiger partial charge in [-0.2, -0.15) is 0 Å². The number of hydrogen-bond donors (Lipinski definition) is 2. The van der Waals surface area contributed by atoms with Crippen LogP contribution < -0.4 is 5.32 Å². The number of nitrogens with zero attached hydrogens (tertiary/aromatic N) is 1. The van der Waals surface area contributed by atoms with Crippen LogP contribution in [-0.4, -0.2) is 16.2 Å². The number of aromatic hydroxyl groups is 1. The molecule has 2 aromatic rings. The van der Waals surface area contributed by atoms with E-state index in [0.29, 0.717) is 31.4 Å². The number of thioether (sulfide) groups is 1. The zero-order valence-corrected chi connectivity index (χ0v) is 13.9. The highest BCUT2D eigenvalue weighted by molar-refractivity contribution is 8.18. The van der Waals surface area contributed by atoms with Gasteiger partial charge in [-0.1, -0.05) is 35.3 Å². The van der Waals surface area contributed by atoms with Crippen molar-refractivity contribution in [3.63, 3.8) is 0 Å². The third kappa shape index (κ3) is 3.69. The number of carbonyl (C=O) groups excluding carboxylic acids is 1. The summed E-state index contributed by atoms with van der Waals surface area (Å²) in [7, 11) is 0. The molecule has 1 aliphatic heterocycles. The first-order valence-corrected chi connectivity index (χ1v) is 8.13. The van der Waals surface area contributed by atoms with Gasteiger partial charge in [-0.15, -0.1) is 0 Å². The lowest BCUT2D eigenvalue weighted by molar-refractivity contribution is -0.115. The molecule has 23 heavy (non-hydrogen) atoms. The zero-order valence-electron chi connectivity index (χ0n) is 11.6. The quantitative estimate of drug-likeness (QED) is 0.766. The molecule has 4 nitrogen and oxygen atoms in total. The molecule has 1 aliphatic rings. The van der Waals surface area contributed by atoms with Gasteiger partial charge in [0.1, 0.15) is 5.75 Å². The average Bonchev–Trinajstić information content (AvgIpc) is 2.85. The maximum atomic E-state index is 12.0. The molecule has 0 aliphatic carbocycles. The van der Waals surface area contributed by atoms with Crippen LogP contribution in [0.1, 0.15) is 5.56 Å². The van der Waals surface area contributed by atoms with E-state index in [0.717, 1.165) is 0 Å². The highest BCUT2D eigenvalue weighted by atomic mass is 35.5. The standard InChI is InChI=1S/C16H10Cl2N2O2S/c17-10-5-6-13(21)9(7-10)8-14-15(22)20-16(23-14)19-12-4-2-1-3-11(12)18/h1-8,21H,(H,19,20,22)/b14-8+. The fourth-order valence-electron chi connectivity index (χ4n) is 1.91. The molecule has 0 unspecified atom stereocenters. The van der Waals surface area contributed by atoms with Crippen LogP contribution in [0.2, 0.25) is 10.0 Å². The third-order valence-electron chi connectivity index (χ3n) is 3.00. The Bertz CT molecular complexity index is 850. The SMILES string of the molecule is O=C1NC(=Nc2ccccc2Cl)S/C1=C/c1cc(Cl)ccc1O. The Kier molecular flexibility index (Phi) is 4.61. The van der Waals surface area contributed by atoms with E-state index in [1.807, 2.05) is 6.07 Å². The van der Waals surface area contributed by atoms with E-state index in [1.165, 1.54) is 17.8 Å². The Morgan fingerprint density at radius 3 is 2.74 bits per heavy atom. The van der Waals surface area contributed by atoms with Crippen molar-refractivity contribution in [2.24, 2.45) is 4.99 Å². The van der Waals surface area contributed by atoms with Crippen molar-refractivity contribution in [1.29, 1.82) is 0 Å². The number of hydrogen-bond acceptors (Lipinski definition) is 4. The summed E-state index contributed by atoms with van der Waals surface area (Å²) >= 11 is 13.1. The first kappa shape index (κ1) is 15.9. The molecule has 1 fully saturated rings. The highest BCUT2D eigenvalue weighted by Crippen LogP contribution is 2.32. The Morgan fingerprint density at radius 2 is 1.96 bits per heavy atom. The molecule has 3 rings (SSSR count). The summed E-state index contributed by atoms with van der Waals surface area (Å²) in [4.78, 5) is 16.8. The number of amides is 1. The summed E-state index contributed by atoms with van der Waals surface area (Å²) in [6.07, 6.45) is 1.57. The Hall–Kier alpha value is -1.95. The molecule has 0 bridgehead atoms. The van der Waals surface area contributed by atoms with Crippen molar-refractivity contribution in [3.8, 4) is 5.75 Å². The minimum Gasteiger partial charge on any atom is -0.507 e. The number of rotatable bonds is 2. The van der Waals surface area contributed by atoms with E-state index in [2.05, 4.69) is 10.3 Å². The monoisotopic (exact) mass is 364 g/mol. The summed E-state index contributed by atoms with van der Waals surface area (Å²) in [5.74, 6) is -0.244. The largest absolute Gasteiger partial charge is 0.507 e. The maximum absolute atomic E-state index is 12.0. The van der Waals surface area contributed by atoms with Gasteiger partial charge in [0.25, 0.3) is 5.91 Å². The van der Waals surface area contributed by atoms with E-state index in [4.69, 9.17) is 23.2 Å². The molecule has 0 spiro atoms. The maximum Gasteiger partial charge on any atom is 0.264 e. The van der Waals surface area contributed by atoms with Crippen LogP contribution in [0.25, 0.3) is 6.08 Å². The second-order valence-corrected chi connectivity index (χ2v) is 6.51. The molecular formula is C16H10Cl2N2O2S. The van der Waals surface area contributed by atoms with Crippen LogP contribution in [-0.2, 0) is 4.79 Å². The molecule has 0 saturated carbocycles. The summed E-state index contributed by atoms with van der Waals surface area (Å²) in [6.45, 7) is 0. The van der Waals surface area contributed by atoms with Gasteiger partial charge in [0.15, 0.2) is 5.17 Å². The van der Waals surface area contributed by atoms with Gasteiger partial charge in [-0.3, -0.25) is 4.79 Å². The predicted octanol–water partition coefficient (Wildman–Crippen LogP) is 4.59. The summed E-state index contributed by atoms with van der Waals surface area (Å²) in [5.41, 5.74) is 1.04. The first-order valence-electron chi connectivity index (χ1n) is 6.55. The molecule has 2 N–H and O–H groups in total. The van der Waals surface area contributed by atoms with Crippen molar-refractivity contribution in [1.82, 2.24) is 5.32 Å². The molecule has 1 saturated heterocycles. The van der Waals surface area contributed by atoms with E-state index in [1.54, 1.807) is 36.4 Å². The van der Waals surface area contributed by atoms with Crippen molar-refractivity contribution in [2.45, 2.75) is 0 Å². The summed E-state index contributed by atoms with van der Waals surface area (Å²) < 4.78 is 0. The van der Waals surface area contributed by atoms with Gasteiger partial charge in [0.2, 0.25) is 0 Å². The normalized spacial score (nSPS) is 17.7. The lowest BCUT2D eigenvalue weighted by Gasteiger charge is -2.00. The minimum absolute atomic E-state index is 0.0480. The van der Waals surface area contributed by atoms with E-state index in [-0.39, 0.29) is 11.7 Å². The van der Waals surface area contributed by atoms with Crippen LogP contribution in [0.15, 0.2) is 52.4 Å². The fourth-order valence-corrected chi connectivity index (χ4v) is 3.10. The average molecular weight is 365 g/mol. The first-order chi connectivity index (χ1) is 11.0. The number of phenols is 1. The lowest BCUT2D eigenvalue weighted by Crippen LogP contribution is -2.19. The topological polar surface area (TPSA) is 61.7 Å². The molecule has 0 aromatic heterocycles. The van der Waals surface area contributed by atoms with Gasteiger partial charge < -0.3 is 10.4 Å². The fraction of sp³-hybridized carbons (Fsp3) is 0. The van der Waals surface area contributed by atoms with Gasteiger partial charge in [-0.25, -0.2) is 4.99 Å². The van der Waals surface area contributed by atoms with Crippen molar-refractivity contribution < 1.29 is 9.90 Å². The van der Waals surface area contributed by atoms with Crippen molar-refractivity contribution >= 4 is 57.8 Å². The number of para-hydroxylation sites is 1. The van der Waals surface area contributed by atoms with Crippen LogP contribution >= 0.6 is 35.0 Å². The molecule has 7 heteroatoms. The second kappa shape index (κ2) is 6.66. The smallest absolute Gasteiger partial charge is 0.264 e. The third-order valence-corrected chi connectivity index (χ3v) is 4.47. The molecule has 0 atom stereocenters. The predicted molar refractivity (Wildman–Crippen MR) is 95.4 cm³/mol. The number of phenolic OH excluding ortho intramolecular Hbond substituents is 1. The summed E-state index contributed by atoms with van der Waals surface area (Å²) in [6, 6.07) is 11.7. The van der Waals surface area contributed by atoms with Crippen LogP contribution in [0.5, 0.6) is 5.75 Å². The number of halogens is 2. The van der Waals surface area contributed by atoms with Crippen LogP contribution in [0, 0.1) is 0 Å². The Balaban J connectivity index is 1.90. The number of nitrogens with one attached hydrogen (secondary N) is 1. The Labute approximate surface area is 146 Å². The zero-order chi connectivity index (χ0) is 16.4. The van der Waals surface area contributed by atoms with Gasteiger partial charge in [-0.05, 0) is 48.2 Å². The number of aliphatic imine (C=N–C) groups is 1. The summed E-state index contributed by atoms with van der Waals surface area (Å²) in [5, 5.41) is 13.9. The van der Waals surface area contributed by atoms with Crippen molar-refractivity contribution in [3.05, 3.63) is 63.0 Å². The van der Waals surface area contributed by atoms with Gasteiger partial charge in [0.05, 0.1) is 15.6 Å². The lowest BCUT2D eigenvalue weighted by atomic mass is 10.2. The van der Waals surface area contributed by atoms with Crippen LogP contribution in [0.4, 0.5) is 5.69 Å². The molecule has 2 aromatic carbocycles. The molecule has 1 heterocycles. The van der Waals surface area contributed by atoms with Gasteiger partial charge in [0, 0.05) is 10.6 Å². The van der Waals surface area contributed by atoms with Gasteiger partial charge >= 0.3 is 0 Å². The van der Waals surface area contributed by atoms with E-state index < -0.39 is 0 Å². The molecule has 1 amide bonds. The number of benzene rings is 2. The molecule has 116 valence electrons. The van der Waals surface area contributed by atoms with Crippen molar-refractivity contribution in [2.75, 3.05) is 0 Å². The number of carbonyl (C=O) groups is 1. The van der Waals surface area contributed by atoms with E-state index in [9.17, 15) is 9.90 Å². The number of amidine groups is 1. The molecule has 0 radical (unpaired) electrons. The molecular weight excluding hydrogens is 355 g/mol. The Morgan fingerprint density at radius 1 is 1.17 bits per heavy atom. The second-order valence-electron chi connectivity index (χ2n) is 4.64. The minimum atomic E-state index is -0.292. The van der Waals surface area contributed by atoms with E-state index >= 15 is 0 Å².